The van der Waals surface area contributed by atoms with Crippen LogP contribution in [0.15, 0.2) is 4.99 Å². The van der Waals surface area contributed by atoms with Crippen LogP contribution in [0.25, 0.3) is 0 Å². The second kappa shape index (κ2) is 3.59. The van der Waals surface area contributed by atoms with Crippen LogP contribution in [-0.4, -0.2) is 12.8 Å². The Kier molecular flexibility index (Phi) is 2.92. The van der Waals surface area contributed by atoms with Crippen molar-refractivity contribution in [2.75, 3.05) is 7.05 Å². The van der Waals surface area contributed by atoms with Gasteiger partial charge in [-0.25, -0.2) is 0 Å². The molecule has 1 rings (SSSR count). The summed E-state index contributed by atoms with van der Waals surface area (Å²) in [5.41, 5.74) is 1.86. The molecule has 0 bridgehead atoms. The largest absolute Gasteiger partial charge is 0.297 e. The van der Waals surface area contributed by atoms with E-state index in [2.05, 4.69) is 25.8 Å². The lowest BCUT2D eigenvalue weighted by molar-refractivity contribution is 0.455. The van der Waals surface area contributed by atoms with Crippen molar-refractivity contribution < 1.29 is 0 Å². The van der Waals surface area contributed by atoms with E-state index in [0.717, 1.165) is 12.3 Å². The van der Waals surface area contributed by atoms with E-state index < -0.39 is 0 Å². The smallest absolute Gasteiger partial charge is 0.0276 e. The summed E-state index contributed by atoms with van der Waals surface area (Å²) in [6.45, 7) is 6.95. The van der Waals surface area contributed by atoms with Gasteiger partial charge in [-0.3, -0.25) is 4.99 Å². The van der Waals surface area contributed by atoms with Crippen molar-refractivity contribution >= 4 is 5.71 Å². The first-order valence-electron chi connectivity index (χ1n) is 5.08. The van der Waals surface area contributed by atoms with Gasteiger partial charge < -0.3 is 0 Å². The maximum atomic E-state index is 4.41. The van der Waals surface area contributed by atoms with Gasteiger partial charge in [-0.2, -0.15) is 0 Å². The highest BCUT2D eigenvalue weighted by atomic mass is 14.7. The molecule has 1 aliphatic carbocycles. The predicted octanol–water partition coefficient (Wildman–Crippen LogP) is 3.29. The molecule has 0 aromatic rings. The molecule has 0 N–H and O–H groups in total. The Hall–Kier alpha value is -0.330. The molecule has 1 fully saturated rings. The molecule has 0 aromatic carbocycles. The van der Waals surface area contributed by atoms with Crippen molar-refractivity contribution in [1.82, 2.24) is 0 Å². The fourth-order valence-electron chi connectivity index (χ4n) is 2.66. The molecular formula is C11H21N. The molecule has 0 radical (unpaired) electrons. The van der Waals surface area contributed by atoms with Gasteiger partial charge in [0.05, 0.1) is 0 Å². The Balaban J connectivity index is 2.72. The van der Waals surface area contributed by atoms with Crippen molar-refractivity contribution in [3.05, 3.63) is 0 Å². The monoisotopic (exact) mass is 167 g/mol. The van der Waals surface area contributed by atoms with Crippen molar-refractivity contribution in [2.45, 2.75) is 46.5 Å². The van der Waals surface area contributed by atoms with E-state index in [0.29, 0.717) is 5.41 Å². The first kappa shape index (κ1) is 9.76. The second-order valence-electron chi connectivity index (χ2n) is 4.43. The topological polar surface area (TPSA) is 12.4 Å². The highest BCUT2D eigenvalue weighted by Crippen LogP contribution is 2.42. The normalized spacial score (nSPS) is 37.3. The fourth-order valence-corrected chi connectivity index (χ4v) is 2.66. The van der Waals surface area contributed by atoms with Crippen LogP contribution in [-0.2, 0) is 0 Å². The Labute approximate surface area is 76.3 Å². The molecule has 1 heteroatoms. The first-order valence-corrected chi connectivity index (χ1v) is 5.08. The number of hydrogen-bond acceptors (Lipinski definition) is 1. The molecule has 0 spiro atoms. The molecule has 12 heavy (non-hydrogen) atoms. The summed E-state index contributed by atoms with van der Waals surface area (Å²) < 4.78 is 0. The van der Waals surface area contributed by atoms with Gasteiger partial charge in [-0.1, -0.05) is 20.8 Å². The van der Waals surface area contributed by atoms with Crippen LogP contribution in [0.3, 0.4) is 0 Å². The molecule has 0 aliphatic heterocycles. The third-order valence-corrected chi connectivity index (χ3v) is 3.29. The van der Waals surface area contributed by atoms with E-state index in [9.17, 15) is 0 Å². The molecule has 0 amide bonds. The summed E-state index contributed by atoms with van der Waals surface area (Å²) in [5, 5.41) is 0. The maximum Gasteiger partial charge on any atom is 0.0276 e. The Morgan fingerprint density at radius 3 is 2.58 bits per heavy atom. The molecule has 2 unspecified atom stereocenters. The Bertz CT molecular complexity index is 183. The van der Waals surface area contributed by atoms with Crippen molar-refractivity contribution in [1.29, 1.82) is 0 Å². The van der Waals surface area contributed by atoms with E-state index in [1.54, 1.807) is 0 Å². The zero-order chi connectivity index (χ0) is 9.19. The minimum atomic E-state index is 0.433. The van der Waals surface area contributed by atoms with Gasteiger partial charge in [-0.15, -0.1) is 0 Å². The summed E-state index contributed by atoms with van der Waals surface area (Å²) in [6.07, 6.45) is 5.19. The van der Waals surface area contributed by atoms with Crippen molar-refractivity contribution in [3.8, 4) is 0 Å². The van der Waals surface area contributed by atoms with E-state index in [4.69, 9.17) is 0 Å². The lowest BCUT2D eigenvalue weighted by Crippen LogP contribution is -2.24. The van der Waals surface area contributed by atoms with Gasteiger partial charge in [0.2, 0.25) is 0 Å². The summed E-state index contributed by atoms with van der Waals surface area (Å²) in [7, 11) is 1.94. The molecule has 0 heterocycles. The molecule has 0 saturated heterocycles. The summed E-state index contributed by atoms with van der Waals surface area (Å²) in [6, 6.07) is 0. The molecule has 1 saturated carbocycles. The van der Waals surface area contributed by atoms with E-state index >= 15 is 0 Å². The highest BCUT2D eigenvalue weighted by molar-refractivity contribution is 5.89. The van der Waals surface area contributed by atoms with Crippen molar-refractivity contribution in [2.24, 2.45) is 16.3 Å². The molecule has 2 atom stereocenters. The minimum Gasteiger partial charge on any atom is -0.297 e. The van der Waals surface area contributed by atoms with Gasteiger partial charge in [0.1, 0.15) is 0 Å². The SMILES string of the molecule is CCC(=NC)C1(C)CCC(C)C1. The highest BCUT2D eigenvalue weighted by Gasteiger charge is 2.36. The molecule has 70 valence electrons. The van der Waals surface area contributed by atoms with Crippen molar-refractivity contribution in [3.63, 3.8) is 0 Å². The quantitative estimate of drug-likeness (QED) is 0.560. The second-order valence-corrected chi connectivity index (χ2v) is 4.43. The number of rotatable bonds is 2. The number of aliphatic imine (C=N–C) groups is 1. The van der Waals surface area contributed by atoms with Gasteiger partial charge in [0.15, 0.2) is 0 Å². The molecule has 1 nitrogen and oxygen atoms in total. The van der Waals surface area contributed by atoms with E-state index in [1.165, 1.54) is 25.0 Å². The zero-order valence-corrected chi connectivity index (χ0v) is 8.85. The van der Waals surface area contributed by atoms with E-state index in [1.807, 2.05) is 7.05 Å². The number of hydrogen-bond donors (Lipinski definition) is 0. The number of nitrogens with zero attached hydrogens (tertiary/aromatic N) is 1. The fraction of sp³-hybridized carbons (Fsp3) is 0.909. The Morgan fingerprint density at radius 2 is 2.25 bits per heavy atom. The van der Waals surface area contributed by atoms with Crippen LogP contribution >= 0.6 is 0 Å². The van der Waals surface area contributed by atoms with Gasteiger partial charge in [0, 0.05) is 18.2 Å². The van der Waals surface area contributed by atoms with Crippen LogP contribution in [0.5, 0.6) is 0 Å². The van der Waals surface area contributed by atoms with Gasteiger partial charge in [-0.05, 0) is 31.6 Å². The Morgan fingerprint density at radius 1 is 1.58 bits per heavy atom. The van der Waals surface area contributed by atoms with Crippen LogP contribution in [0.4, 0.5) is 0 Å². The van der Waals surface area contributed by atoms with Crippen LogP contribution < -0.4 is 0 Å². The molecule has 0 aromatic heterocycles. The minimum absolute atomic E-state index is 0.433. The van der Waals surface area contributed by atoms with Gasteiger partial charge in [0.25, 0.3) is 0 Å². The van der Waals surface area contributed by atoms with E-state index in [-0.39, 0.29) is 0 Å². The molecular weight excluding hydrogens is 146 g/mol. The first-order chi connectivity index (χ1) is 5.62. The summed E-state index contributed by atoms with van der Waals surface area (Å²) in [4.78, 5) is 4.41. The summed E-state index contributed by atoms with van der Waals surface area (Å²) >= 11 is 0. The predicted molar refractivity (Wildman–Crippen MR) is 54.8 cm³/mol. The average Bonchev–Trinajstić information content (AvgIpc) is 2.34. The lowest BCUT2D eigenvalue weighted by atomic mass is 9.81. The lowest BCUT2D eigenvalue weighted by Gasteiger charge is -2.25. The zero-order valence-electron chi connectivity index (χ0n) is 8.85. The summed E-state index contributed by atoms with van der Waals surface area (Å²) in [5.74, 6) is 0.901. The molecule has 1 aliphatic rings. The van der Waals surface area contributed by atoms with Crippen LogP contribution in [0.1, 0.15) is 46.5 Å². The van der Waals surface area contributed by atoms with Crippen LogP contribution in [0.2, 0.25) is 0 Å². The maximum absolute atomic E-state index is 4.41. The van der Waals surface area contributed by atoms with Crippen LogP contribution in [0, 0.1) is 11.3 Å². The van der Waals surface area contributed by atoms with Gasteiger partial charge >= 0.3 is 0 Å². The average molecular weight is 167 g/mol. The standard InChI is InChI=1S/C11H21N/c1-5-10(12-4)11(3)7-6-9(2)8-11/h9H,5-8H2,1-4H3. The third-order valence-electron chi connectivity index (χ3n) is 3.29. The third kappa shape index (κ3) is 1.70.